The molecule has 6 heteroatoms. The summed E-state index contributed by atoms with van der Waals surface area (Å²) in [5, 5.41) is 6.17. The van der Waals surface area contributed by atoms with Crippen LogP contribution in [-0.4, -0.2) is 45.6 Å². The van der Waals surface area contributed by atoms with E-state index < -0.39 is 0 Å². The number of hydrogen-bond donors (Lipinski definition) is 0. The number of amides is 2. The van der Waals surface area contributed by atoms with Gasteiger partial charge >= 0.3 is 0 Å². The van der Waals surface area contributed by atoms with Gasteiger partial charge in [0.15, 0.2) is 0 Å². The molecule has 1 atom stereocenters. The summed E-state index contributed by atoms with van der Waals surface area (Å²) in [5.41, 5.74) is 2.92. The Morgan fingerprint density at radius 1 is 1.19 bits per heavy atom. The molecule has 1 aliphatic heterocycles. The molecule has 26 heavy (non-hydrogen) atoms. The number of benzene rings is 1. The Labute approximate surface area is 153 Å². The summed E-state index contributed by atoms with van der Waals surface area (Å²) in [6, 6.07) is 13.7. The number of likely N-dealkylation sites (N-methyl/N-ethyl adjacent to an activating group) is 1. The predicted octanol–water partition coefficient (Wildman–Crippen LogP) is 2.57. The number of aromatic nitrogens is 1. The van der Waals surface area contributed by atoms with E-state index in [0.29, 0.717) is 12.8 Å². The molecule has 0 spiro atoms. The number of hydrogen-bond acceptors (Lipinski definition) is 3. The molecule has 0 bridgehead atoms. The fourth-order valence-corrected chi connectivity index (χ4v) is 3.22. The number of nitrogens with zero attached hydrogens (tertiary/aromatic N) is 4. The van der Waals surface area contributed by atoms with Crippen LogP contribution in [0.4, 0.5) is 0 Å². The van der Waals surface area contributed by atoms with Crippen LogP contribution in [0.1, 0.15) is 37.1 Å². The molecule has 2 heterocycles. The zero-order valence-corrected chi connectivity index (χ0v) is 15.4. The van der Waals surface area contributed by atoms with Crippen molar-refractivity contribution in [3.05, 3.63) is 59.9 Å². The Morgan fingerprint density at radius 3 is 2.54 bits per heavy atom. The minimum Gasteiger partial charge on any atom is -0.350 e. The molecule has 0 saturated carbocycles. The summed E-state index contributed by atoms with van der Waals surface area (Å²) >= 11 is 0. The second-order valence-corrected chi connectivity index (χ2v) is 6.52. The van der Waals surface area contributed by atoms with Crippen LogP contribution in [0.3, 0.4) is 0 Å². The molecule has 0 fully saturated rings. The van der Waals surface area contributed by atoms with E-state index in [0.717, 1.165) is 17.0 Å². The standard InChI is InChI=1S/C20H24N4O2/c1-4-19(25)23(3)14-20(26)24-18(15-9-6-5-7-10-15)13-16(21-24)17-11-8-12-22(17)2/h5-12,18H,4,13-14H2,1-3H3/t18-/m1/s1. The van der Waals surface area contributed by atoms with Crippen molar-refractivity contribution in [1.82, 2.24) is 14.5 Å². The summed E-state index contributed by atoms with van der Waals surface area (Å²) < 4.78 is 2.00. The van der Waals surface area contributed by atoms with E-state index in [4.69, 9.17) is 0 Å². The number of rotatable bonds is 5. The Bertz CT molecular complexity index is 825. The van der Waals surface area contributed by atoms with Crippen LogP contribution in [0.2, 0.25) is 0 Å². The molecular formula is C20H24N4O2. The lowest BCUT2D eigenvalue weighted by molar-refractivity contribution is -0.140. The first-order valence-electron chi connectivity index (χ1n) is 8.81. The summed E-state index contributed by atoms with van der Waals surface area (Å²) in [4.78, 5) is 26.2. The van der Waals surface area contributed by atoms with Gasteiger partial charge in [-0.05, 0) is 17.7 Å². The molecule has 3 rings (SSSR count). The molecule has 2 aromatic rings. The van der Waals surface area contributed by atoms with Crippen LogP contribution in [0, 0.1) is 0 Å². The average Bonchev–Trinajstić information content (AvgIpc) is 3.27. The molecule has 1 aromatic carbocycles. The molecule has 136 valence electrons. The zero-order chi connectivity index (χ0) is 18.7. The fraction of sp³-hybridized carbons (Fsp3) is 0.350. The van der Waals surface area contributed by atoms with Gasteiger partial charge in [0.2, 0.25) is 5.91 Å². The first-order valence-corrected chi connectivity index (χ1v) is 8.81. The average molecular weight is 352 g/mol. The van der Waals surface area contributed by atoms with Gasteiger partial charge in [0, 0.05) is 33.1 Å². The van der Waals surface area contributed by atoms with Crippen molar-refractivity contribution in [2.75, 3.05) is 13.6 Å². The second-order valence-electron chi connectivity index (χ2n) is 6.52. The van der Waals surface area contributed by atoms with Crippen LogP contribution in [0.15, 0.2) is 53.8 Å². The van der Waals surface area contributed by atoms with E-state index in [1.54, 1.807) is 14.0 Å². The minimum absolute atomic E-state index is 0.0277. The monoisotopic (exact) mass is 352 g/mol. The largest absolute Gasteiger partial charge is 0.350 e. The van der Waals surface area contributed by atoms with E-state index in [1.807, 2.05) is 60.3 Å². The third-order valence-corrected chi connectivity index (χ3v) is 4.69. The maximum atomic E-state index is 12.9. The SMILES string of the molecule is CCC(=O)N(C)CC(=O)N1N=C(c2cccn2C)C[C@@H]1c1ccccc1. The Hall–Kier alpha value is -2.89. The van der Waals surface area contributed by atoms with Gasteiger partial charge in [-0.15, -0.1) is 0 Å². The van der Waals surface area contributed by atoms with E-state index in [1.165, 1.54) is 9.91 Å². The lowest BCUT2D eigenvalue weighted by Crippen LogP contribution is -2.38. The molecule has 6 nitrogen and oxygen atoms in total. The van der Waals surface area contributed by atoms with Crippen LogP contribution in [-0.2, 0) is 16.6 Å². The van der Waals surface area contributed by atoms with Crippen molar-refractivity contribution >= 4 is 17.5 Å². The van der Waals surface area contributed by atoms with Crippen LogP contribution in [0.25, 0.3) is 0 Å². The van der Waals surface area contributed by atoms with Crippen molar-refractivity contribution < 1.29 is 9.59 Å². The molecule has 0 saturated heterocycles. The highest BCUT2D eigenvalue weighted by molar-refractivity contribution is 6.02. The van der Waals surface area contributed by atoms with Crippen molar-refractivity contribution in [3.8, 4) is 0 Å². The highest BCUT2D eigenvalue weighted by Crippen LogP contribution is 2.32. The van der Waals surface area contributed by atoms with E-state index >= 15 is 0 Å². The fourth-order valence-electron chi connectivity index (χ4n) is 3.22. The highest BCUT2D eigenvalue weighted by Gasteiger charge is 2.34. The van der Waals surface area contributed by atoms with E-state index in [9.17, 15) is 9.59 Å². The third-order valence-electron chi connectivity index (χ3n) is 4.69. The maximum Gasteiger partial charge on any atom is 0.262 e. The molecule has 0 unspecified atom stereocenters. The maximum absolute atomic E-state index is 12.9. The van der Waals surface area contributed by atoms with Crippen LogP contribution in [0.5, 0.6) is 0 Å². The lowest BCUT2D eigenvalue weighted by atomic mass is 10.0. The normalized spacial score (nSPS) is 16.5. The molecular weight excluding hydrogens is 328 g/mol. The number of hydrazone groups is 1. The summed E-state index contributed by atoms with van der Waals surface area (Å²) in [5.74, 6) is -0.229. The smallest absolute Gasteiger partial charge is 0.262 e. The lowest BCUT2D eigenvalue weighted by Gasteiger charge is -2.24. The molecule has 1 aromatic heterocycles. The molecule has 0 N–H and O–H groups in total. The van der Waals surface area contributed by atoms with Gasteiger partial charge in [-0.25, -0.2) is 5.01 Å². The van der Waals surface area contributed by atoms with Gasteiger partial charge in [0.25, 0.3) is 5.91 Å². The van der Waals surface area contributed by atoms with Gasteiger partial charge in [0.1, 0.15) is 6.54 Å². The number of aryl methyl sites for hydroxylation is 1. The highest BCUT2D eigenvalue weighted by atomic mass is 16.2. The molecule has 1 aliphatic rings. The first kappa shape index (κ1) is 17.9. The van der Waals surface area contributed by atoms with Crippen molar-refractivity contribution in [2.45, 2.75) is 25.8 Å². The van der Waals surface area contributed by atoms with Crippen molar-refractivity contribution in [2.24, 2.45) is 12.1 Å². The Kier molecular flexibility index (Phi) is 5.21. The predicted molar refractivity (Wildman–Crippen MR) is 101 cm³/mol. The quantitative estimate of drug-likeness (QED) is 0.830. The number of carbonyl (C=O) groups excluding carboxylic acids is 2. The van der Waals surface area contributed by atoms with Crippen molar-refractivity contribution in [1.29, 1.82) is 0 Å². The van der Waals surface area contributed by atoms with Gasteiger partial charge < -0.3 is 9.47 Å². The minimum atomic E-state index is -0.174. The number of carbonyl (C=O) groups is 2. The zero-order valence-electron chi connectivity index (χ0n) is 15.4. The van der Waals surface area contributed by atoms with Gasteiger partial charge in [-0.1, -0.05) is 37.3 Å². The van der Waals surface area contributed by atoms with Gasteiger partial charge in [-0.3, -0.25) is 9.59 Å². The summed E-state index contributed by atoms with van der Waals surface area (Å²) in [6.45, 7) is 1.82. The van der Waals surface area contributed by atoms with E-state index in [2.05, 4.69) is 5.10 Å². The second kappa shape index (κ2) is 7.56. The Morgan fingerprint density at radius 2 is 1.92 bits per heavy atom. The first-order chi connectivity index (χ1) is 12.5. The topological polar surface area (TPSA) is 57.9 Å². The molecule has 0 aliphatic carbocycles. The van der Waals surface area contributed by atoms with Gasteiger partial charge in [0.05, 0.1) is 17.4 Å². The van der Waals surface area contributed by atoms with Crippen LogP contribution < -0.4 is 0 Å². The van der Waals surface area contributed by atoms with Crippen molar-refractivity contribution in [3.63, 3.8) is 0 Å². The molecule has 2 amide bonds. The van der Waals surface area contributed by atoms with Gasteiger partial charge in [-0.2, -0.15) is 5.10 Å². The van der Waals surface area contributed by atoms with E-state index in [-0.39, 0.29) is 24.4 Å². The third kappa shape index (κ3) is 3.54. The summed E-state index contributed by atoms with van der Waals surface area (Å²) in [6.07, 6.45) is 3.00. The Balaban J connectivity index is 1.89. The molecule has 0 radical (unpaired) electrons. The van der Waals surface area contributed by atoms with Crippen LogP contribution >= 0.6 is 0 Å². The summed E-state index contributed by atoms with van der Waals surface area (Å²) in [7, 11) is 3.62.